The van der Waals surface area contributed by atoms with Gasteiger partial charge in [0.15, 0.2) is 0 Å². The summed E-state index contributed by atoms with van der Waals surface area (Å²) in [5.74, 6) is 0.428. The van der Waals surface area contributed by atoms with Crippen molar-refractivity contribution in [3.8, 4) is 5.69 Å². The lowest BCUT2D eigenvalue weighted by Crippen LogP contribution is -1.96. The third kappa shape index (κ3) is 1.67. The Bertz CT molecular complexity index is 368. The van der Waals surface area contributed by atoms with Crippen LogP contribution in [0, 0.1) is 0 Å². The number of pyridine rings is 1. The van der Waals surface area contributed by atoms with Gasteiger partial charge in [0.1, 0.15) is 0 Å². The quantitative estimate of drug-likeness (QED) is 0.679. The molecule has 0 aliphatic rings. The topological polar surface area (TPSA) is 43.6 Å². The Morgan fingerprint density at radius 2 is 2.31 bits per heavy atom. The van der Waals surface area contributed by atoms with Crippen LogP contribution in [0.1, 0.15) is 5.69 Å². The van der Waals surface area contributed by atoms with Gasteiger partial charge in [0.2, 0.25) is 0 Å². The summed E-state index contributed by atoms with van der Waals surface area (Å²) in [6, 6.07) is 3.77. The maximum atomic E-state index is 5.61. The van der Waals surface area contributed by atoms with Crippen LogP contribution in [0.2, 0.25) is 0 Å². The molecule has 0 saturated heterocycles. The van der Waals surface area contributed by atoms with Crippen molar-refractivity contribution in [1.82, 2.24) is 20.0 Å². The first kappa shape index (κ1) is 8.19. The molecule has 0 fully saturated rings. The highest BCUT2D eigenvalue weighted by molar-refractivity contribution is 6.16. The number of hydrogen-bond acceptors (Lipinski definition) is 3. The first-order valence-corrected chi connectivity index (χ1v) is 4.31. The van der Waals surface area contributed by atoms with Crippen molar-refractivity contribution in [1.29, 1.82) is 0 Å². The molecule has 0 aliphatic carbocycles. The van der Waals surface area contributed by atoms with Crippen molar-refractivity contribution in [2.45, 2.75) is 5.88 Å². The molecule has 0 saturated carbocycles. The minimum atomic E-state index is 0.428. The Balaban J connectivity index is 2.33. The van der Waals surface area contributed by atoms with Crippen LogP contribution in [0.3, 0.4) is 0 Å². The largest absolute Gasteiger partial charge is 0.258 e. The molecule has 2 heterocycles. The van der Waals surface area contributed by atoms with E-state index in [-0.39, 0.29) is 0 Å². The summed E-state index contributed by atoms with van der Waals surface area (Å²) < 4.78 is 1.64. The molecule has 0 amide bonds. The fraction of sp³-hybridized carbons (Fsp3) is 0.125. The molecule has 0 bridgehead atoms. The molecule has 0 aromatic carbocycles. The Labute approximate surface area is 80.2 Å². The highest BCUT2D eigenvalue weighted by Crippen LogP contribution is 2.05. The molecule has 0 radical (unpaired) electrons. The molecule has 66 valence electrons. The standard InChI is InChI=1S/C8H7ClN4/c9-5-7-1-2-8(6-10-7)13-4-3-11-12-13/h1-4,6H,5H2. The van der Waals surface area contributed by atoms with Gasteiger partial charge in [0.25, 0.3) is 0 Å². The van der Waals surface area contributed by atoms with Gasteiger partial charge < -0.3 is 0 Å². The van der Waals surface area contributed by atoms with Gasteiger partial charge in [-0.2, -0.15) is 0 Å². The summed E-state index contributed by atoms with van der Waals surface area (Å²) >= 11 is 5.61. The monoisotopic (exact) mass is 194 g/mol. The van der Waals surface area contributed by atoms with Gasteiger partial charge >= 0.3 is 0 Å². The van der Waals surface area contributed by atoms with E-state index in [1.807, 2.05) is 12.1 Å². The molecular weight excluding hydrogens is 188 g/mol. The van der Waals surface area contributed by atoms with E-state index in [0.29, 0.717) is 5.88 Å². The van der Waals surface area contributed by atoms with E-state index in [1.54, 1.807) is 23.3 Å². The molecular formula is C8H7ClN4. The summed E-state index contributed by atoms with van der Waals surface area (Å²) in [4.78, 5) is 4.13. The maximum Gasteiger partial charge on any atom is 0.0846 e. The van der Waals surface area contributed by atoms with Crippen LogP contribution < -0.4 is 0 Å². The maximum absolute atomic E-state index is 5.61. The third-order valence-corrected chi connectivity index (χ3v) is 1.91. The second-order valence-corrected chi connectivity index (χ2v) is 2.76. The molecule has 0 N–H and O–H groups in total. The van der Waals surface area contributed by atoms with Crippen molar-refractivity contribution in [3.05, 3.63) is 36.4 Å². The number of alkyl halides is 1. The fourth-order valence-corrected chi connectivity index (χ4v) is 1.14. The Morgan fingerprint density at radius 3 is 2.85 bits per heavy atom. The Kier molecular flexibility index (Phi) is 2.23. The second kappa shape index (κ2) is 3.53. The SMILES string of the molecule is ClCc1ccc(-n2ccnn2)cn1. The molecule has 0 spiro atoms. The van der Waals surface area contributed by atoms with Crippen LogP contribution in [-0.2, 0) is 5.88 Å². The van der Waals surface area contributed by atoms with Gasteiger partial charge in [0.05, 0.1) is 35.9 Å². The first-order chi connectivity index (χ1) is 6.40. The van der Waals surface area contributed by atoms with Gasteiger partial charge in [-0.3, -0.25) is 4.98 Å². The van der Waals surface area contributed by atoms with E-state index in [4.69, 9.17) is 11.6 Å². The van der Waals surface area contributed by atoms with Gasteiger partial charge in [-0.05, 0) is 12.1 Å². The highest BCUT2D eigenvalue weighted by atomic mass is 35.5. The van der Waals surface area contributed by atoms with Crippen LogP contribution in [0.4, 0.5) is 0 Å². The summed E-state index contributed by atoms with van der Waals surface area (Å²) in [7, 11) is 0. The van der Waals surface area contributed by atoms with Crippen molar-refractivity contribution in [2.24, 2.45) is 0 Å². The molecule has 2 aromatic rings. The summed E-state index contributed by atoms with van der Waals surface area (Å²) in [6.45, 7) is 0. The van der Waals surface area contributed by atoms with Crippen LogP contribution in [0.15, 0.2) is 30.7 Å². The van der Waals surface area contributed by atoms with E-state index in [2.05, 4.69) is 15.3 Å². The van der Waals surface area contributed by atoms with Crippen molar-refractivity contribution in [2.75, 3.05) is 0 Å². The number of halogens is 1. The average molecular weight is 195 g/mol. The van der Waals surface area contributed by atoms with Gasteiger partial charge in [0, 0.05) is 0 Å². The van der Waals surface area contributed by atoms with Crippen molar-refractivity contribution in [3.63, 3.8) is 0 Å². The van der Waals surface area contributed by atoms with Gasteiger partial charge in [-0.1, -0.05) is 5.21 Å². The molecule has 13 heavy (non-hydrogen) atoms. The number of nitrogens with zero attached hydrogens (tertiary/aromatic N) is 4. The lowest BCUT2D eigenvalue weighted by molar-refractivity contribution is 0.798. The lowest BCUT2D eigenvalue weighted by Gasteiger charge is -1.99. The van der Waals surface area contributed by atoms with Gasteiger partial charge in [-0.15, -0.1) is 16.7 Å². The summed E-state index contributed by atoms with van der Waals surface area (Å²) in [6.07, 6.45) is 5.10. The Morgan fingerprint density at radius 1 is 1.38 bits per heavy atom. The van der Waals surface area contributed by atoms with E-state index in [9.17, 15) is 0 Å². The molecule has 5 heteroatoms. The molecule has 0 atom stereocenters. The van der Waals surface area contributed by atoms with Crippen LogP contribution in [0.25, 0.3) is 5.69 Å². The molecule has 4 nitrogen and oxygen atoms in total. The third-order valence-electron chi connectivity index (χ3n) is 1.63. The normalized spacial score (nSPS) is 10.2. The van der Waals surface area contributed by atoms with Gasteiger partial charge in [-0.25, -0.2) is 4.68 Å². The summed E-state index contributed by atoms with van der Waals surface area (Å²) in [5, 5.41) is 7.54. The minimum Gasteiger partial charge on any atom is -0.258 e. The number of aromatic nitrogens is 4. The van der Waals surface area contributed by atoms with Crippen LogP contribution in [0.5, 0.6) is 0 Å². The fourth-order valence-electron chi connectivity index (χ4n) is 0.977. The predicted molar refractivity (Wildman–Crippen MR) is 48.7 cm³/mol. The minimum absolute atomic E-state index is 0.428. The number of hydrogen-bond donors (Lipinski definition) is 0. The number of rotatable bonds is 2. The average Bonchev–Trinajstić information content (AvgIpc) is 2.71. The first-order valence-electron chi connectivity index (χ1n) is 3.78. The Hall–Kier alpha value is -1.42. The van der Waals surface area contributed by atoms with E-state index in [0.717, 1.165) is 11.4 Å². The summed E-state index contributed by atoms with van der Waals surface area (Å²) in [5.41, 5.74) is 1.73. The van der Waals surface area contributed by atoms with Crippen molar-refractivity contribution >= 4 is 11.6 Å². The van der Waals surface area contributed by atoms with Crippen molar-refractivity contribution < 1.29 is 0 Å². The van der Waals surface area contributed by atoms with Crippen LogP contribution >= 0.6 is 11.6 Å². The second-order valence-electron chi connectivity index (χ2n) is 2.49. The zero-order valence-corrected chi connectivity index (χ0v) is 7.52. The molecule has 0 unspecified atom stereocenters. The van der Waals surface area contributed by atoms with E-state index >= 15 is 0 Å². The smallest absolute Gasteiger partial charge is 0.0846 e. The highest BCUT2D eigenvalue weighted by Gasteiger charge is 1.97. The molecule has 2 rings (SSSR count). The zero-order chi connectivity index (χ0) is 9.10. The van der Waals surface area contributed by atoms with E-state index in [1.165, 1.54) is 0 Å². The predicted octanol–water partition coefficient (Wildman–Crippen LogP) is 1.40. The zero-order valence-electron chi connectivity index (χ0n) is 6.76. The lowest BCUT2D eigenvalue weighted by atomic mass is 10.3. The molecule has 0 aliphatic heterocycles. The van der Waals surface area contributed by atoms with E-state index < -0.39 is 0 Å². The molecule has 2 aromatic heterocycles. The van der Waals surface area contributed by atoms with Crippen LogP contribution in [-0.4, -0.2) is 20.0 Å².